The summed E-state index contributed by atoms with van der Waals surface area (Å²) in [6, 6.07) is 13.0. The molecule has 3 aromatic rings. The number of carbonyl (C=O) groups excluding carboxylic acids is 1. The van der Waals surface area contributed by atoms with Crippen molar-refractivity contribution in [1.29, 1.82) is 0 Å². The Morgan fingerprint density at radius 1 is 1.24 bits per heavy atom. The Morgan fingerprint density at radius 3 is 2.55 bits per heavy atom. The zero-order valence-electron chi connectivity index (χ0n) is 15.5. The lowest BCUT2D eigenvalue weighted by molar-refractivity contribution is -0.763. The number of nitrogens with one attached hydrogen (secondary N) is 1. The number of aromatic amines is 1. The topological polar surface area (TPSA) is 113 Å². The van der Waals surface area contributed by atoms with E-state index in [0.29, 0.717) is 27.7 Å². The van der Waals surface area contributed by atoms with Crippen LogP contribution in [0.1, 0.15) is 18.7 Å². The van der Waals surface area contributed by atoms with Crippen molar-refractivity contribution in [3.8, 4) is 11.3 Å². The minimum absolute atomic E-state index is 0.0618. The van der Waals surface area contributed by atoms with Gasteiger partial charge in [-0.25, -0.2) is 4.90 Å². The van der Waals surface area contributed by atoms with Crippen LogP contribution in [0.25, 0.3) is 11.3 Å². The minimum Gasteiger partial charge on any atom is -0.291 e. The average molecular weight is 410 g/mol. The summed E-state index contributed by atoms with van der Waals surface area (Å²) in [6.07, 6.45) is 1.03. The second-order valence-corrected chi connectivity index (χ2v) is 7.18. The van der Waals surface area contributed by atoms with Gasteiger partial charge in [0.2, 0.25) is 11.1 Å². The number of benzene rings is 2. The number of fused-ring (bicyclic) bond motifs is 3. The predicted octanol–water partition coefficient (Wildman–Crippen LogP) is 2.27. The molecular weight excluding hydrogens is 394 g/mol. The Labute approximate surface area is 169 Å². The minimum atomic E-state index is -0.758. The summed E-state index contributed by atoms with van der Waals surface area (Å²) < 4.78 is 1.51. The maximum atomic E-state index is 12.9. The second-order valence-electron chi connectivity index (χ2n) is 6.39. The molecule has 0 fully saturated rings. The lowest BCUT2D eigenvalue weighted by atomic mass is 10.0. The number of para-hydroxylation sites is 1. The number of aromatic nitrogens is 3. The van der Waals surface area contributed by atoms with E-state index < -0.39 is 11.1 Å². The van der Waals surface area contributed by atoms with Crippen molar-refractivity contribution in [3.63, 3.8) is 0 Å². The van der Waals surface area contributed by atoms with Gasteiger partial charge in [-0.1, -0.05) is 23.9 Å². The molecule has 0 saturated heterocycles. The van der Waals surface area contributed by atoms with Crippen LogP contribution in [-0.4, -0.2) is 27.2 Å². The van der Waals surface area contributed by atoms with E-state index in [1.54, 1.807) is 47.6 Å². The van der Waals surface area contributed by atoms with Crippen LogP contribution in [0.4, 0.5) is 11.4 Å². The van der Waals surface area contributed by atoms with Crippen LogP contribution >= 0.6 is 11.8 Å². The number of carbonyl (C=O) groups is 1. The van der Waals surface area contributed by atoms with Gasteiger partial charge in [0.1, 0.15) is 0 Å². The summed E-state index contributed by atoms with van der Waals surface area (Å²) in [6.45, 7) is 1.43. The summed E-state index contributed by atoms with van der Waals surface area (Å²) in [5, 5.41) is 16.0. The predicted molar refractivity (Wildman–Crippen MR) is 107 cm³/mol. The molecule has 0 bridgehead atoms. The Morgan fingerprint density at radius 2 is 1.93 bits per heavy atom. The van der Waals surface area contributed by atoms with Gasteiger partial charge in [0.05, 0.1) is 16.2 Å². The number of hydrogen-bond acceptors (Lipinski definition) is 6. The van der Waals surface area contributed by atoms with Gasteiger partial charge in [0, 0.05) is 29.7 Å². The molecule has 2 heterocycles. The third-order valence-corrected chi connectivity index (χ3v) is 5.26. The highest BCUT2D eigenvalue weighted by Gasteiger charge is 2.44. The number of non-ortho nitro benzene ring substituents is 1. The van der Waals surface area contributed by atoms with Crippen molar-refractivity contribution >= 4 is 29.0 Å². The van der Waals surface area contributed by atoms with Crippen LogP contribution in [0.15, 0.2) is 58.5 Å². The van der Waals surface area contributed by atoms with Gasteiger partial charge in [0.25, 0.3) is 11.9 Å². The van der Waals surface area contributed by atoms with Crippen molar-refractivity contribution in [1.82, 2.24) is 10.1 Å². The van der Waals surface area contributed by atoms with Crippen LogP contribution in [0.3, 0.4) is 0 Å². The quantitative estimate of drug-likeness (QED) is 0.307. The zero-order valence-corrected chi connectivity index (χ0v) is 16.3. The van der Waals surface area contributed by atoms with Gasteiger partial charge in [0.15, 0.2) is 0 Å². The molecule has 0 saturated carbocycles. The van der Waals surface area contributed by atoms with Crippen LogP contribution < -0.4 is 15.1 Å². The van der Waals surface area contributed by atoms with Crippen LogP contribution in [0, 0.1) is 10.1 Å². The monoisotopic (exact) mass is 410 g/mol. The molecule has 0 aliphatic carbocycles. The van der Waals surface area contributed by atoms with E-state index in [2.05, 4.69) is 10.1 Å². The number of H-pyrrole nitrogens is 1. The highest BCUT2D eigenvalue weighted by molar-refractivity contribution is 7.98. The first-order chi connectivity index (χ1) is 13.9. The summed E-state index contributed by atoms with van der Waals surface area (Å²) in [4.78, 5) is 40.4. The zero-order chi connectivity index (χ0) is 20.7. The summed E-state index contributed by atoms with van der Waals surface area (Å²) >= 11 is 1.27. The molecule has 1 aliphatic rings. The van der Waals surface area contributed by atoms with Crippen LogP contribution in [0.2, 0.25) is 0 Å². The second kappa shape index (κ2) is 7.13. The third-order valence-electron chi connectivity index (χ3n) is 4.69. The fraction of sp³-hybridized carbons (Fsp3) is 0.158. The summed E-state index contributed by atoms with van der Waals surface area (Å²) in [7, 11) is 0. The SMILES string of the molecule is CSc1n[n+]2c(c(=O)[nH]1)-c1ccccc1N(C(C)=O)[C@H]2c1ccc([N+](=O)[O-])cc1. The molecule has 2 aromatic carbocycles. The van der Waals surface area contributed by atoms with E-state index >= 15 is 0 Å². The first-order valence-electron chi connectivity index (χ1n) is 8.66. The van der Waals surface area contributed by atoms with Gasteiger partial charge < -0.3 is 0 Å². The lowest BCUT2D eigenvalue weighted by Gasteiger charge is -2.31. The van der Waals surface area contributed by atoms with Crippen molar-refractivity contribution < 1.29 is 14.4 Å². The van der Waals surface area contributed by atoms with Crippen LogP contribution in [0.5, 0.6) is 0 Å². The van der Waals surface area contributed by atoms with E-state index in [9.17, 15) is 19.7 Å². The van der Waals surface area contributed by atoms with Gasteiger partial charge >= 0.3 is 11.3 Å². The van der Waals surface area contributed by atoms with Crippen molar-refractivity contribution in [2.45, 2.75) is 18.2 Å². The fourth-order valence-electron chi connectivity index (χ4n) is 3.47. The first-order valence-corrected chi connectivity index (χ1v) is 9.88. The van der Waals surface area contributed by atoms with Crippen molar-refractivity contribution in [2.24, 2.45) is 0 Å². The first kappa shape index (κ1) is 18.8. The Bertz CT molecular complexity index is 1190. The van der Waals surface area contributed by atoms with Crippen LogP contribution in [-0.2, 0) is 4.79 Å². The molecule has 1 aromatic heterocycles. The molecule has 9 nitrogen and oxygen atoms in total. The van der Waals surface area contributed by atoms with E-state index in [0.717, 1.165) is 0 Å². The molecule has 1 N–H and O–H groups in total. The molecule has 1 amide bonds. The normalized spacial score (nSPS) is 14.8. The Balaban J connectivity index is 2.03. The number of thioether (sulfide) groups is 1. The lowest BCUT2D eigenvalue weighted by Crippen LogP contribution is -2.60. The Kier molecular flexibility index (Phi) is 4.63. The van der Waals surface area contributed by atoms with Crippen molar-refractivity contribution in [2.75, 3.05) is 11.2 Å². The maximum Gasteiger partial charge on any atom is 0.325 e. The largest absolute Gasteiger partial charge is 0.325 e. The standard InChI is InChI=1S/C19H15N5O4S/c1-11(25)22-15-6-4-3-5-14(15)16-17(26)20-19(29-2)21-23(16)18(22)12-7-9-13(10-8-12)24(27)28/h3-10,18H,1-2H3/p+1/t18-/m1/s1. The number of nitro benzene ring substituents is 1. The fourth-order valence-corrected chi connectivity index (χ4v) is 3.84. The molecule has 1 aliphatic heterocycles. The molecule has 146 valence electrons. The van der Waals surface area contributed by atoms with E-state index in [-0.39, 0.29) is 17.2 Å². The third kappa shape index (κ3) is 3.07. The summed E-state index contributed by atoms with van der Waals surface area (Å²) in [5.74, 6) is -0.244. The number of anilines is 1. The van der Waals surface area contributed by atoms with E-state index in [1.807, 2.05) is 0 Å². The van der Waals surface area contributed by atoms with Gasteiger partial charge in [-0.3, -0.25) is 24.7 Å². The molecule has 29 heavy (non-hydrogen) atoms. The molecule has 1 atom stereocenters. The summed E-state index contributed by atoms with van der Waals surface area (Å²) in [5.41, 5.74) is 1.69. The van der Waals surface area contributed by atoms with E-state index in [4.69, 9.17) is 0 Å². The number of amides is 1. The molecule has 0 spiro atoms. The van der Waals surface area contributed by atoms with Crippen molar-refractivity contribution in [3.05, 3.63) is 74.6 Å². The maximum absolute atomic E-state index is 12.9. The van der Waals surface area contributed by atoms with Gasteiger partial charge in [-0.05, 0) is 35.2 Å². The number of hydrogen-bond donors (Lipinski definition) is 1. The molecule has 4 rings (SSSR count). The molecule has 0 unspecified atom stereocenters. The highest BCUT2D eigenvalue weighted by atomic mass is 32.2. The molecule has 0 radical (unpaired) electrons. The number of rotatable bonds is 3. The Hall–Kier alpha value is -3.53. The van der Waals surface area contributed by atoms with Gasteiger partial charge in [-0.2, -0.15) is 0 Å². The molecular formula is C19H16N5O4S+. The average Bonchev–Trinajstić information content (AvgIpc) is 2.72. The highest BCUT2D eigenvalue weighted by Crippen LogP contribution is 2.37. The number of nitro groups is 1. The van der Waals surface area contributed by atoms with Gasteiger partial charge in [-0.15, -0.1) is 0 Å². The smallest absolute Gasteiger partial charge is 0.291 e. The number of nitrogens with zero attached hydrogens (tertiary/aromatic N) is 4. The molecule has 10 heteroatoms. The van der Waals surface area contributed by atoms with E-state index in [1.165, 1.54) is 35.5 Å².